The molecule has 1 aliphatic heterocycles. The lowest BCUT2D eigenvalue weighted by Gasteiger charge is -2.25. The van der Waals surface area contributed by atoms with Crippen molar-refractivity contribution in [3.8, 4) is 0 Å². The molecule has 0 radical (unpaired) electrons. The number of halogens is 1. The van der Waals surface area contributed by atoms with Gasteiger partial charge < -0.3 is 9.72 Å². The van der Waals surface area contributed by atoms with E-state index in [2.05, 4.69) is 14.9 Å². The van der Waals surface area contributed by atoms with Crippen LogP contribution in [-0.2, 0) is 17.8 Å². The Morgan fingerprint density at radius 1 is 1.36 bits per heavy atom. The van der Waals surface area contributed by atoms with Gasteiger partial charge in [-0.2, -0.15) is 0 Å². The van der Waals surface area contributed by atoms with Crippen LogP contribution in [0.25, 0.3) is 0 Å². The van der Waals surface area contributed by atoms with Gasteiger partial charge in [0, 0.05) is 37.5 Å². The van der Waals surface area contributed by atoms with Crippen molar-refractivity contribution in [3.05, 3.63) is 53.4 Å². The van der Waals surface area contributed by atoms with Crippen molar-refractivity contribution in [1.82, 2.24) is 14.9 Å². The minimum atomic E-state index is -0.154. The van der Waals surface area contributed by atoms with Crippen molar-refractivity contribution in [2.24, 2.45) is 0 Å². The topological polar surface area (TPSA) is 41.2 Å². The summed E-state index contributed by atoms with van der Waals surface area (Å²) in [5.74, 6) is -0.154. The lowest BCUT2D eigenvalue weighted by atomic mass is 10.1. The predicted octanol–water partition coefficient (Wildman–Crippen LogP) is 3.04. The summed E-state index contributed by atoms with van der Waals surface area (Å²) < 4.78 is 19.7. The summed E-state index contributed by atoms with van der Waals surface area (Å²) in [5, 5.41) is 0. The second-order valence-electron chi connectivity index (χ2n) is 5.87. The van der Waals surface area contributed by atoms with Gasteiger partial charge in [-0.15, -0.1) is 0 Å². The monoisotopic (exact) mass is 303 g/mol. The van der Waals surface area contributed by atoms with Gasteiger partial charge >= 0.3 is 0 Å². The number of nitrogens with zero attached hydrogens (tertiary/aromatic N) is 2. The molecule has 2 aromatic rings. The Kier molecular flexibility index (Phi) is 4.85. The zero-order valence-electron chi connectivity index (χ0n) is 12.9. The van der Waals surface area contributed by atoms with Gasteiger partial charge in [0.25, 0.3) is 0 Å². The molecule has 0 aliphatic carbocycles. The number of aryl methyl sites for hydroxylation is 1. The number of nitrogens with one attached hydrogen (secondary N) is 1. The third-order valence-electron chi connectivity index (χ3n) is 4.15. The number of aromatic nitrogens is 2. The van der Waals surface area contributed by atoms with Gasteiger partial charge in [0.2, 0.25) is 0 Å². The zero-order valence-corrected chi connectivity index (χ0v) is 12.9. The van der Waals surface area contributed by atoms with E-state index in [-0.39, 0.29) is 11.9 Å². The number of imidazole rings is 1. The highest BCUT2D eigenvalue weighted by molar-refractivity contribution is 5.17. The normalized spacial score (nSPS) is 18.2. The maximum absolute atomic E-state index is 13.9. The van der Waals surface area contributed by atoms with E-state index in [1.54, 1.807) is 12.4 Å². The molecule has 118 valence electrons. The fourth-order valence-corrected chi connectivity index (χ4v) is 2.89. The van der Waals surface area contributed by atoms with E-state index < -0.39 is 0 Å². The number of benzene rings is 1. The molecule has 0 bridgehead atoms. The molecule has 1 aliphatic rings. The first-order chi connectivity index (χ1) is 10.7. The van der Waals surface area contributed by atoms with Crippen molar-refractivity contribution in [1.29, 1.82) is 0 Å². The molecule has 1 N–H and O–H groups in total. The van der Waals surface area contributed by atoms with E-state index in [1.165, 1.54) is 6.07 Å². The average Bonchev–Trinajstić information content (AvgIpc) is 3.14. The molecule has 0 spiro atoms. The largest absolute Gasteiger partial charge is 0.377 e. The Bertz CT molecular complexity index is 607. The highest BCUT2D eigenvalue weighted by Gasteiger charge is 2.21. The minimum Gasteiger partial charge on any atom is -0.377 e. The van der Waals surface area contributed by atoms with Crippen LogP contribution in [0.2, 0.25) is 0 Å². The molecule has 2 heterocycles. The van der Waals surface area contributed by atoms with Crippen molar-refractivity contribution in [3.63, 3.8) is 0 Å². The second-order valence-corrected chi connectivity index (χ2v) is 5.87. The number of H-pyrrole nitrogens is 1. The second kappa shape index (κ2) is 7.03. The Hall–Kier alpha value is -1.72. The molecule has 4 nitrogen and oxygen atoms in total. The molecular formula is C17H22FN3O. The van der Waals surface area contributed by atoms with Gasteiger partial charge in [0.1, 0.15) is 5.82 Å². The fraction of sp³-hybridized carbons (Fsp3) is 0.471. The molecule has 5 heteroatoms. The standard InChI is InChI=1S/C17H22FN3O/c1-13-17(20-12-19-13)11-21(10-15-6-4-8-22-15)9-14-5-2-3-7-16(14)18/h2-3,5,7,12,15H,4,6,8-11H2,1H3,(H,19,20). The van der Waals surface area contributed by atoms with E-state index in [0.29, 0.717) is 18.7 Å². The zero-order chi connectivity index (χ0) is 15.4. The van der Waals surface area contributed by atoms with Crippen LogP contribution in [-0.4, -0.2) is 34.1 Å². The predicted molar refractivity (Wildman–Crippen MR) is 82.8 cm³/mol. The Morgan fingerprint density at radius 2 is 2.23 bits per heavy atom. The number of hydrogen-bond donors (Lipinski definition) is 1. The van der Waals surface area contributed by atoms with Crippen molar-refractivity contribution < 1.29 is 9.13 Å². The molecule has 22 heavy (non-hydrogen) atoms. The summed E-state index contributed by atoms with van der Waals surface area (Å²) in [4.78, 5) is 9.68. The molecule has 0 amide bonds. The molecule has 1 unspecified atom stereocenters. The first-order valence-electron chi connectivity index (χ1n) is 7.78. The lowest BCUT2D eigenvalue weighted by molar-refractivity contribution is 0.0670. The first-order valence-corrected chi connectivity index (χ1v) is 7.78. The highest BCUT2D eigenvalue weighted by atomic mass is 19.1. The van der Waals surface area contributed by atoms with Crippen LogP contribution >= 0.6 is 0 Å². The van der Waals surface area contributed by atoms with E-state index >= 15 is 0 Å². The summed E-state index contributed by atoms with van der Waals surface area (Å²) in [7, 11) is 0. The van der Waals surface area contributed by atoms with Crippen LogP contribution in [0, 0.1) is 12.7 Å². The van der Waals surface area contributed by atoms with Crippen LogP contribution in [0.1, 0.15) is 29.8 Å². The summed E-state index contributed by atoms with van der Waals surface area (Å²) in [6.07, 6.45) is 4.14. The SMILES string of the molecule is Cc1[nH]cnc1CN(Cc1ccccc1F)CC1CCCO1. The van der Waals surface area contributed by atoms with Crippen LogP contribution in [0.4, 0.5) is 4.39 Å². The van der Waals surface area contributed by atoms with E-state index in [0.717, 1.165) is 37.4 Å². The molecule has 1 aromatic heterocycles. The van der Waals surface area contributed by atoms with Crippen LogP contribution in [0.3, 0.4) is 0 Å². The number of hydrogen-bond acceptors (Lipinski definition) is 3. The van der Waals surface area contributed by atoms with E-state index in [4.69, 9.17) is 4.74 Å². The Labute approximate surface area is 130 Å². The summed E-state index contributed by atoms with van der Waals surface area (Å²) >= 11 is 0. The maximum Gasteiger partial charge on any atom is 0.127 e. The van der Waals surface area contributed by atoms with Gasteiger partial charge in [-0.3, -0.25) is 4.90 Å². The Morgan fingerprint density at radius 3 is 2.91 bits per heavy atom. The summed E-state index contributed by atoms with van der Waals surface area (Å²) in [6, 6.07) is 6.96. The molecule has 3 rings (SSSR count). The maximum atomic E-state index is 13.9. The fourth-order valence-electron chi connectivity index (χ4n) is 2.89. The minimum absolute atomic E-state index is 0.154. The molecule has 0 saturated carbocycles. The highest BCUT2D eigenvalue weighted by Crippen LogP contribution is 2.18. The third kappa shape index (κ3) is 3.72. The number of rotatable bonds is 6. The number of ether oxygens (including phenoxy) is 1. The number of aromatic amines is 1. The van der Waals surface area contributed by atoms with Crippen LogP contribution in [0.15, 0.2) is 30.6 Å². The Balaban J connectivity index is 1.73. The molecule has 1 atom stereocenters. The van der Waals surface area contributed by atoms with Gasteiger partial charge in [-0.25, -0.2) is 9.37 Å². The van der Waals surface area contributed by atoms with E-state index in [9.17, 15) is 4.39 Å². The molecule has 1 fully saturated rings. The van der Waals surface area contributed by atoms with E-state index in [1.807, 2.05) is 19.1 Å². The molecule has 1 saturated heterocycles. The van der Waals surface area contributed by atoms with Gasteiger partial charge in [-0.05, 0) is 25.8 Å². The van der Waals surface area contributed by atoms with Crippen molar-refractivity contribution in [2.45, 2.75) is 39.0 Å². The lowest BCUT2D eigenvalue weighted by Crippen LogP contribution is -2.32. The van der Waals surface area contributed by atoms with Crippen molar-refractivity contribution in [2.75, 3.05) is 13.2 Å². The quantitative estimate of drug-likeness (QED) is 0.892. The smallest absolute Gasteiger partial charge is 0.127 e. The van der Waals surface area contributed by atoms with Gasteiger partial charge in [-0.1, -0.05) is 18.2 Å². The van der Waals surface area contributed by atoms with Gasteiger partial charge in [0.05, 0.1) is 18.1 Å². The first kappa shape index (κ1) is 15.2. The third-order valence-corrected chi connectivity index (χ3v) is 4.15. The van der Waals surface area contributed by atoms with Crippen LogP contribution in [0.5, 0.6) is 0 Å². The summed E-state index contributed by atoms with van der Waals surface area (Å²) in [6.45, 7) is 4.91. The van der Waals surface area contributed by atoms with Crippen LogP contribution < -0.4 is 0 Å². The average molecular weight is 303 g/mol. The van der Waals surface area contributed by atoms with Gasteiger partial charge in [0.15, 0.2) is 0 Å². The van der Waals surface area contributed by atoms with Crippen molar-refractivity contribution >= 4 is 0 Å². The molecular weight excluding hydrogens is 281 g/mol. The summed E-state index contributed by atoms with van der Waals surface area (Å²) in [5.41, 5.74) is 2.79. The molecule has 1 aromatic carbocycles.